The minimum absolute atomic E-state index is 0.0868. The van der Waals surface area contributed by atoms with Crippen LogP contribution >= 0.6 is 0 Å². The fourth-order valence-electron chi connectivity index (χ4n) is 2.10. The first-order valence-corrected chi connectivity index (χ1v) is 8.89. The van der Waals surface area contributed by atoms with Gasteiger partial charge in [0, 0.05) is 12.4 Å². The van der Waals surface area contributed by atoms with Gasteiger partial charge in [0.2, 0.25) is 0 Å². The monoisotopic (exact) mass is 372 g/mol. The zero-order valence-electron chi connectivity index (χ0n) is 13.3. The summed E-state index contributed by atoms with van der Waals surface area (Å²) in [6.45, 7) is 0. The lowest BCUT2D eigenvalue weighted by Crippen LogP contribution is -2.18. The van der Waals surface area contributed by atoms with E-state index in [1.807, 2.05) is 0 Å². The summed E-state index contributed by atoms with van der Waals surface area (Å²) in [6, 6.07) is 10.7. The Hall–Kier alpha value is -3.33. The SMILES string of the molecule is O=C(Nc1ccccc1NS(=O)(=O)c1ccc(F)cc1)c1cnccn1. The van der Waals surface area contributed by atoms with Gasteiger partial charge in [0.15, 0.2) is 0 Å². The van der Waals surface area contributed by atoms with Crippen LogP contribution in [0.15, 0.2) is 72.0 Å². The Morgan fingerprint density at radius 3 is 2.31 bits per heavy atom. The number of rotatable bonds is 5. The van der Waals surface area contributed by atoms with Crippen molar-refractivity contribution >= 4 is 27.3 Å². The number of anilines is 2. The molecule has 0 spiro atoms. The Bertz CT molecular complexity index is 1030. The molecule has 2 N–H and O–H groups in total. The van der Waals surface area contributed by atoms with Crippen LogP contribution < -0.4 is 10.0 Å². The van der Waals surface area contributed by atoms with Crippen molar-refractivity contribution < 1.29 is 17.6 Å². The van der Waals surface area contributed by atoms with Crippen LogP contribution in [-0.2, 0) is 10.0 Å². The van der Waals surface area contributed by atoms with Crippen LogP contribution in [0.5, 0.6) is 0 Å². The van der Waals surface area contributed by atoms with Crippen molar-refractivity contribution in [3.05, 3.63) is 78.6 Å². The molecule has 3 rings (SSSR count). The number of nitrogens with zero attached hydrogens (tertiary/aromatic N) is 2. The molecule has 1 aromatic heterocycles. The number of aromatic nitrogens is 2. The maximum absolute atomic E-state index is 13.0. The van der Waals surface area contributed by atoms with Crippen LogP contribution in [0.25, 0.3) is 0 Å². The average Bonchev–Trinajstić information content (AvgIpc) is 2.64. The van der Waals surface area contributed by atoms with Crippen molar-refractivity contribution in [1.82, 2.24) is 9.97 Å². The predicted molar refractivity (Wildman–Crippen MR) is 93.6 cm³/mol. The third-order valence-corrected chi connectivity index (χ3v) is 4.72. The molecule has 0 saturated carbocycles. The van der Waals surface area contributed by atoms with E-state index in [0.29, 0.717) is 0 Å². The molecule has 2 aromatic carbocycles. The summed E-state index contributed by atoms with van der Waals surface area (Å²) in [5.41, 5.74) is 0.492. The van der Waals surface area contributed by atoms with Gasteiger partial charge in [0.25, 0.3) is 15.9 Å². The van der Waals surface area contributed by atoms with Crippen LogP contribution in [0, 0.1) is 5.82 Å². The molecule has 0 unspecified atom stereocenters. The van der Waals surface area contributed by atoms with E-state index in [-0.39, 0.29) is 22.0 Å². The highest BCUT2D eigenvalue weighted by molar-refractivity contribution is 7.92. The fraction of sp³-hybridized carbons (Fsp3) is 0. The average molecular weight is 372 g/mol. The molecule has 0 atom stereocenters. The molecule has 1 heterocycles. The summed E-state index contributed by atoms with van der Waals surface area (Å²) >= 11 is 0. The van der Waals surface area contributed by atoms with E-state index in [2.05, 4.69) is 20.0 Å². The summed E-state index contributed by atoms with van der Waals surface area (Å²) in [7, 11) is -3.95. The molecule has 26 heavy (non-hydrogen) atoms. The van der Waals surface area contributed by atoms with Gasteiger partial charge in [0.1, 0.15) is 11.5 Å². The van der Waals surface area contributed by atoms with Gasteiger partial charge in [-0.25, -0.2) is 17.8 Å². The number of benzene rings is 2. The van der Waals surface area contributed by atoms with Crippen LogP contribution in [-0.4, -0.2) is 24.3 Å². The van der Waals surface area contributed by atoms with Crippen molar-refractivity contribution in [2.24, 2.45) is 0 Å². The smallest absolute Gasteiger partial charge is 0.275 e. The minimum atomic E-state index is -3.95. The quantitative estimate of drug-likeness (QED) is 0.717. The Kier molecular flexibility index (Phi) is 4.90. The van der Waals surface area contributed by atoms with Gasteiger partial charge in [-0.3, -0.25) is 14.5 Å². The van der Waals surface area contributed by atoms with E-state index >= 15 is 0 Å². The van der Waals surface area contributed by atoms with Crippen molar-refractivity contribution in [3.63, 3.8) is 0 Å². The van der Waals surface area contributed by atoms with Gasteiger partial charge in [-0.2, -0.15) is 0 Å². The highest BCUT2D eigenvalue weighted by Crippen LogP contribution is 2.25. The number of carbonyl (C=O) groups excluding carboxylic acids is 1. The second-order valence-electron chi connectivity index (χ2n) is 5.15. The fourth-order valence-corrected chi connectivity index (χ4v) is 3.18. The molecule has 9 heteroatoms. The van der Waals surface area contributed by atoms with Crippen molar-refractivity contribution in [1.29, 1.82) is 0 Å². The first-order chi connectivity index (χ1) is 12.5. The lowest BCUT2D eigenvalue weighted by atomic mass is 10.2. The standard InChI is InChI=1S/C17H13FN4O3S/c18-12-5-7-13(8-6-12)26(24,25)22-15-4-2-1-3-14(15)21-17(23)16-11-19-9-10-20-16/h1-11,22H,(H,21,23). The van der Waals surface area contributed by atoms with E-state index in [4.69, 9.17) is 0 Å². The van der Waals surface area contributed by atoms with Gasteiger partial charge < -0.3 is 5.32 Å². The molecule has 1 amide bonds. The van der Waals surface area contributed by atoms with Crippen molar-refractivity contribution in [3.8, 4) is 0 Å². The third kappa shape index (κ3) is 4.01. The van der Waals surface area contributed by atoms with Crippen LogP contribution in [0.3, 0.4) is 0 Å². The summed E-state index contributed by atoms with van der Waals surface area (Å²) in [6.07, 6.45) is 4.10. The van der Waals surface area contributed by atoms with E-state index in [0.717, 1.165) is 24.3 Å². The molecule has 0 radical (unpaired) electrons. The normalized spacial score (nSPS) is 11.0. The van der Waals surface area contributed by atoms with E-state index in [1.54, 1.807) is 12.1 Å². The van der Waals surface area contributed by atoms with Crippen LogP contribution in [0.1, 0.15) is 10.5 Å². The molecule has 132 valence electrons. The topological polar surface area (TPSA) is 101 Å². The maximum Gasteiger partial charge on any atom is 0.275 e. The lowest BCUT2D eigenvalue weighted by Gasteiger charge is -2.13. The summed E-state index contributed by atoms with van der Waals surface area (Å²) in [4.78, 5) is 19.8. The van der Waals surface area contributed by atoms with Gasteiger partial charge >= 0.3 is 0 Å². The zero-order chi connectivity index (χ0) is 18.6. The number of para-hydroxylation sites is 2. The van der Waals surface area contributed by atoms with Crippen molar-refractivity contribution in [2.75, 3.05) is 10.0 Å². The second kappa shape index (κ2) is 7.28. The highest BCUT2D eigenvalue weighted by atomic mass is 32.2. The number of sulfonamides is 1. The second-order valence-corrected chi connectivity index (χ2v) is 6.83. The van der Waals surface area contributed by atoms with Crippen LogP contribution in [0.2, 0.25) is 0 Å². The number of nitrogens with one attached hydrogen (secondary N) is 2. The van der Waals surface area contributed by atoms with Gasteiger partial charge in [-0.1, -0.05) is 12.1 Å². The lowest BCUT2D eigenvalue weighted by molar-refractivity contribution is 0.102. The molecule has 0 aliphatic heterocycles. The number of amides is 1. The van der Waals surface area contributed by atoms with E-state index in [1.165, 1.54) is 30.7 Å². The molecule has 0 aliphatic rings. The largest absolute Gasteiger partial charge is 0.319 e. The Morgan fingerprint density at radius 2 is 1.65 bits per heavy atom. The first-order valence-electron chi connectivity index (χ1n) is 7.40. The molecule has 0 aliphatic carbocycles. The number of carbonyl (C=O) groups is 1. The molecule has 0 saturated heterocycles. The molecular formula is C17H13FN4O3S. The zero-order valence-corrected chi connectivity index (χ0v) is 14.1. The summed E-state index contributed by atoms with van der Waals surface area (Å²) < 4.78 is 40.3. The van der Waals surface area contributed by atoms with Gasteiger partial charge in [-0.15, -0.1) is 0 Å². The molecular weight excluding hydrogens is 359 g/mol. The number of hydrogen-bond acceptors (Lipinski definition) is 5. The Labute approximate surface area is 149 Å². The number of hydrogen-bond donors (Lipinski definition) is 2. The predicted octanol–water partition coefficient (Wildman–Crippen LogP) is 2.67. The Balaban J connectivity index is 1.85. The van der Waals surface area contributed by atoms with Crippen LogP contribution in [0.4, 0.5) is 15.8 Å². The molecule has 0 bridgehead atoms. The minimum Gasteiger partial charge on any atom is -0.319 e. The van der Waals surface area contributed by atoms with E-state index < -0.39 is 21.7 Å². The number of halogens is 1. The molecule has 0 fully saturated rings. The first kappa shape index (κ1) is 17.5. The Morgan fingerprint density at radius 1 is 0.962 bits per heavy atom. The van der Waals surface area contributed by atoms with Gasteiger partial charge in [-0.05, 0) is 36.4 Å². The third-order valence-electron chi connectivity index (χ3n) is 3.34. The van der Waals surface area contributed by atoms with E-state index in [9.17, 15) is 17.6 Å². The summed E-state index contributed by atoms with van der Waals surface area (Å²) in [5, 5.41) is 2.58. The van der Waals surface area contributed by atoms with Gasteiger partial charge in [0.05, 0.1) is 22.5 Å². The maximum atomic E-state index is 13.0. The van der Waals surface area contributed by atoms with Crippen molar-refractivity contribution in [2.45, 2.75) is 4.90 Å². The molecule has 7 nitrogen and oxygen atoms in total. The highest BCUT2D eigenvalue weighted by Gasteiger charge is 2.17. The summed E-state index contributed by atoms with van der Waals surface area (Å²) in [5.74, 6) is -1.08. The molecule has 3 aromatic rings.